The van der Waals surface area contributed by atoms with Crippen LogP contribution in [0.15, 0.2) is 53.4 Å². The van der Waals surface area contributed by atoms with E-state index in [4.69, 9.17) is 22.1 Å². The quantitative estimate of drug-likeness (QED) is 0.671. The smallest absolute Gasteiger partial charge is 0.340 e. The lowest BCUT2D eigenvalue weighted by molar-refractivity contribution is -0.127. The van der Waals surface area contributed by atoms with E-state index < -0.39 is 18.0 Å². The molecule has 0 heterocycles. The van der Waals surface area contributed by atoms with Gasteiger partial charge in [0.25, 0.3) is 5.91 Å². The Morgan fingerprint density at radius 2 is 1.86 bits per heavy atom. The molecule has 0 aliphatic carbocycles. The average Bonchev–Trinajstić information content (AvgIpc) is 2.53. The first-order valence-corrected chi connectivity index (χ1v) is 8.02. The minimum Gasteiger partial charge on any atom is -0.444 e. The summed E-state index contributed by atoms with van der Waals surface area (Å²) < 4.78 is 5.26. The lowest BCUT2D eigenvalue weighted by Crippen LogP contribution is -2.26. The molecule has 0 radical (unpaired) electrons. The van der Waals surface area contributed by atoms with Crippen LogP contribution in [0, 0.1) is 0 Å². The van der Waals surface area contributed by atoms with Gasteiger partial charge < -0.3 is 10.5 Å². The third-order valence-electron chi connectivity index (χ3n) is 2.98. The lowest BCUT2D eigenvalue weighted by atomic mass is 10.1. The van der Waals surface area contributed by atoms with Crippen molar-refractivity contribution in [2.24, 2.45) is 5.73 Å². The Bertz CT molecular complexity index is 691. The molecule has 0 aliphatic rings. The number of halogens is 1. The van der Waals surface area contributed by atoms with Gasteiger partial charge in [0.05, 0.1) is 10.6 Å². The van der Waals surface area contributed by atoms with E-state index in [0.29, 0.717) is 5.56 Å². The zero-order chi connectivity index (χ0) is 16.1. The predicted octanol–water partition coefficient (Wildman–Crippen LogP) is 3.45. The van der Waals surface area contributed by atoms with Gasteiger partial charge in [-0.1, -0.05) is 41.9 Å². The molecule has 2 aromatic carbocycles. The molecule has 6 heteroatoms. The molecule has 114 valence electrons. The lowest BCUT2D eigenvalue weighted by Gasteiger charge is -2.15. The maximum absolute atomic E-state index is 12.3. The van der Waals surface area contributed by atoms with Gasteiger partial charge in [-0.15, -0.1) is 11.8 Å². The van der Waals surface area contributed by atoms with E-state index in [-0.39, 0.29) is 10.6 Å². The molecular formula is C16H14ClNO3S. The highest BCUT2D eigenvalue weighted by molar-refractivity contribution is 7.98. The number of esters is 1. The minimum absolute atomic E-state index is 0.204. The van der Waals surface area contributed by atoms with Crippen LogP contribution in [0.1, 0.15) is 22.0 Å². The number of hydrogen-bond acceptors (Lipinski definition) is 4. The third kappa shape index (κ3) is 3.81. The van der Waals surface area contributed by atoms with Crippen molar-refractivity contribution in [1.29, 1.82) is 0 Å². The second-order valence-electron chi connectivity index (χ2n) is 4.44. The van der Waals surface area contributed by atoms with E-state index in [1.54, 1.807) is 48.5 Å². The highest BCUT2D eigenvalue weighted by atomic mass is 35.5. The Kier molecular flexibility index (Phi) is 5.46. The molecule has 0 fully saturated rings. The molecule has 0 bridgehead atoms. The van der Waals surface area contributed by atoms with Gasteiger partial charge in [-0.25, -0.2) is 4.79 Å². The van der Waals surface area contributed by atoms with E-state index >= 15 is 0 Å². The number of carbonyl (C=O) groups is 2. The molecule has 0 saturated heterocycles. The molecule has 0 unspecified atom stereocenters. The topological polar surface area (TPSA) is 69.4 Å². The van der Waals surface area contributed by atoms with E-state index in [2.05, 4.69) is 0 Å². The number of ether oxygens (including phenoxy) is 1. The van der Waals surface area contributed by atoms with Crippen LogP contribution in [0.5, 0.6) is 0 Å². The van der Waals surface area contributed by atoms with E-state index in [9.17, 15) is 9.59 Å². The van der Waals surface area contributed by atoms with Gasteiger partial charge in [-0.3, -0.25) is 4.79 Å². The summed E-state index contributed by atoms with van der Waals surface area (Å²) in [5, 5.41) is 0.263. The monoisotopic (exact) mass is 335 g/mol. The number of primary amides is 1. The van der Waals surface area contributed by atoms with Gasteiger partial charge >= 0.3 is 5.97 Å². The van der Waals surface area contributed by atoms with Gasteiger partial charge in [0, 0.05) is 10.5 Å². The van der Waals surface area contributed by atoms with Crippen molar-refractivity contribution in [2.45, 2.75) is 11.0 Å². The number of carbonyl (C=O) groups excluding carboxylic acids is 2. The van der Waals surface area contributed by atoms with Crippen molar-refractivity contribution in [3.05, 3.63) is 64.7 Å². The molecule has 2 rings (SSSR count). The van der Waals surface area contributed by atoms with Crippen LogP contribution in [0.3, 0.4) is 0 Å². The van der Waals surface area contributed by atoms with Gasteiger partial charge in [0.2, 0.25) is 6.10 Å². The second kappa shape index (κ2) is 7.33. The summed E-state index contributed by atoms with van der Waals surface area (Å²) in [5.41, 5.74) is 6.05. The Labute approximate surface area is 137 Å². The fraction of sp³-hybridized carbons (Fsp3) is 0.125. The maximum atomic E-state index is 12.3. The zero-order valence-electron chi connectivity index (χ0n) is 11.8. The van der Waals surface area contributed by atoms with Gasteiger partial charge in [-0.05, 0) is 24.5 Å². The second-order valence-corrected chi connectivity index (χ2v) is 5.73. The molecule has 0 spiro atoms. The summed E-state index contributed by atoms with van der Waals surface area (Å²) in [6, 6.07) is 13.6. The fourth-order valence-corrected chi connectivity index (χ4v) is 2.51. The van der Waals surface area contributed by atoms with Crippen LogP contribution in [-0.2, 0) is 9.53 Å². The largest absolute Gasteiger partial charge is 0.444 e. The number of nitrogens with two attached hydrogens (primary N) is 1. The number of thioether (sulfide) groups is 1. The van der Waals surface area contributed by atoms with Gasteiger partial charge in [-0.2, -0.15) is 0 Å². The van der Waals surface area contributed by atoms with Crippen molar-refractivity contribution in [1.82, 2.24) is 0 Å². The highest BCUT2D eigenvalue weighted by Crippen LogP contribution is 2.26. The van der Waals surface area contributed by atoms with Crippen LogP contribution in [0.4, 0.5) is 0 Å². The molecule has 1 atom stereocenters. The van der Waals surface area contributed by atoms with E-state index in [1.807, 2.05) is 6.26 Å². The molecule has 2 aromatic rings. The van der Waals surface area contributed by atoms with Crippen LogP contribution in [0.2, 0.25) is 5.02 Å². The minimum atomic E-state index is -1.15. The first kappa shape index (κ1) is 16.4. The van der Waals surface area contributed by atoms with Crippen LogP contribution < -0.4 is 5.73 Å². The summed E-state index contributed by atoms with van der Waals surface area (Å²) in [6.45, 7) is 0. The predicted molar refractivity (Wildman–Crippen MR) is 87.0 cm³/mol. The average molecular weight is 336 g/mol. The number of amides is 1. The van der Waals surface area contributed by atoms with Gasteiger partial charge in [0.15, 0.2) is 0 Å². The first-order chi connectivity index (χ1) is 10.5. The third-order valence-corrected chi connectivity index (χ3v) is 4.03. The normalized spacial score (nSPS) is 11.7. The summed E-state index contributed by atoms with van der Waals surface area (Å²) in [4.78, 5) is 24.7. The zero-order valence-corrected chi connectivity index (χ0v) is 13.4. The van der Waals surface area contributed by atoms with E-state index in [0.717, 1.165) is 4.90 Å². The highest BCUT2D eigenvalue weighted by Gasteiger charge is 2.24. The molecule has 0 aliphatic heterocycles. The van der Waals surface area contributed by atoms with Crippen molar-refractivity contribution < 1.29 is 14.3 Å². The van der Waals surface area contributed by atoms with Crippen LogP contribution in [-0.4, -0.2) is 18.1 Å². The molecule has 0 aromatic heterocycles. The summed E-state index contributed by atoms with van der Waals surface area (Å²) in [5.74, 6) is -1.43. The standard InChI is InChI=1S/C16H14ClNO3S/c1-22-11-7-8-13(17)12(9-11)16(20)21-14(15(18)19)10-5-3-2-4-6-10/h2-9,14H,1H3,(H2,18,19)/t14-/m1/s1. The van der Waals surface area contributed by atoms with Crippen molar-refractivity contribution >= 4 is 35.2 Å². The summed E-state index contributed by atoms with van der Waals surface area (Å²) >= 11 is 7.50. The number of rotatable bonds is 5. The Morgan fingerprint density at radius 1 is 1.18 bits per heavy atom. The van der Waals surface area contributed by atoms with Crippen molar-refractivity contribution in [3.8, 4) is 0 Å². The molecule has 4 nitrogen and oxygen atoms in total. The summed E-state index contributed by atoms with van der Waals surface area (Å²) in [7, 11) is 0. The Balaban J connectivity index is 2.28. The molecule has 0 saturated carbocycles. The SMILES string of the molecule is CSc1ccc(Cl)c(C(=O)O[C@@H](C(N)=O)c2ccccc2)c1. The van der Waals surface area contributed by atoms with Crippen molar-refractivity contribution in [3.63, 3.8) is 0 Å². The number of benzene rings is 2. The van der Waals surface area contributed by atoms with Crippen LogP contribution >= 0.6 is 23.4 Å². The first-order valence-electron chi connectivity index (χ1n) is 6.41. The Hall–Kier alpha value is -1.98. The molecule has 2 N–H and O–H groups in total. The van der Waals surface area contributed by atoms with E-state index in [1.165, 1.54) is 11.8 Å². The molecule has 1 amide bonds. The fourth-order valence-electron chi connectivity index (χ4n) is 1.88. The van der Waals surface area contributed by atoms with Crippen LogP contribution in [0.25, 0.3) is 0 Å². The van der Waals surface area contributed by atoms with Gasteiger partial charge in [0.1, 0.15) is 0 Å². The van der Waals surface area contributed by atoms with Crippen molar-refractivity contribution in [2.75, 3.05) is 6.26 Å². The summed E-state index contributed by atoms with van der Waals surface area (Å²) in [6.07, 6.45) is 0.733. The number of hydrogen-bond donors (Lipinski definition) is 1. The Morgan fingerprint density at radius 3 is 2.45 bits per heavy atom. The molecule has 22 heavy (non-hydrogen) atoms. The maximum Gasteiger partial charge on any atom is 0.340 e. The molecular weight excluding hydrogens is 322 g/mol.